The number of rotatable bonds is 8. The van der Waals surface area contributed by atoms with E-state index in [2.05, 4.69) is 45.5 Å². The summed E-state index contributed by atoms with van der Waals surface area (Å²) in [4.78, 5) is 25.4. The highest BCUT2D eigenvalue weighted by Crippen LogP contribution is 2.30. The zero-order chi connectivity index (χ0) is 25.3. The number of aliphatic hydroxyl groups is 1. The zero-order valence-electron chi connectivity index (χ0n) is 20.3. The molecule has 1 saturated heterocycles. The standard InChI is InChI=1S/C29H31N5O2/c1-3-28(36)31-25-8-4-6-22(20-25)27-9-5-7-23(21-30-2)29(27)32-24-10-12-26(13-11-24)34-16-14-33(15-17-34)18-19-35/h3-13,20-21,35H,1-2,14-19H2,(H,31,36)/b23-21-,32-29+. The van der Waals surface area contributed by atoms with Crippen LogP contribution >= 0.6 is 0 Å². The lowest BCUT2D eigenvalue weighted by atomic mass is 9.91. The molecule has 1 fully saturated rings. The first kappa shape index (κ1) is 25.0. The number of piperazine rings is 1. The van der Waals surface area contributed by atoms with Crippen LogP contribution in [0.15, 0.2) is 101 Å². The van der Waals surface area contributed by atoms with Crippen molar-refractivity contribution in [1.82, 2.24) is 4.90 Å². The number of β-amino-alcohol motifs (C(OH)–C–C–N with tert-alkyl or cyclic N) is 1. The average molecular weight is 482 g/mol. The number of hydrogen-bond acceptors (Lipinski definition) is 6. The van der Waals surface area contributed by atoms with Crippen molar-refractivity contribution in [2.45, 2.75) is 0 Å². The lowest BCUT2D eigenvalue weighted by Crippen LogP contribution is -2.47. The molecule has 1 aliphatic carbocycles. The Kier molecular flexibility index (Phi) is 8.39. The van der Waals surface area contributed by atoms with Crippen LogP contribution in [0, 0.1) is 0 Å². The summed E-state index contributed by atoms with van der Waals surface area (Å²) in [6.07, 6.45) is 8.87. The maximum absolute atomic E-state index is 11.8. The van der Waals surface area contributed by atoms with E-state index >= 15 is 0 Å². The van der Waals surface area contributed by atoms with Gasteiger partial charge in [0.1, 0.15) is 0 Å². The van der Waals surface area contributed by atoms with Gasteiger partial charge in [0, 0.05) is 61.4 Å². The Morgan fingerprint density at radius 2 is 1.89 bits per heavy atom. The third-order valence-corrected chi connectivity index (χ3v) is 6.17. The minimum absolute atomic E-state index is 0.201. The lowest BCUT2D eigenvalue weighted by Gasteiger charge is -2.35. The quantitative estimate of drug-likeness (QED) is 0.437. The first-order chi connectivity index (χ1) is 17.6. The number of allylic oxidation sites excluding steroid dienone is 5. The summed E-state index contributed by atoms with van der Waals surface area (Å²) < 4.78 is 0. The van der Waals surface area contributed by atoms with Gasteiger partial charge in [-0.05, 0) is 54.8 Å². The number of hydrogen-bond donors (Lipinski definition) is 2. The van der Waals surface area contributed by atoms with Crippen molar-refractivity contribution < 1.29 is 9.90 Å². The van der Waals surface area contributed by atoms with Gasteiger partial charge in [0.15, 0.2) is 0 Å². The van der Waals surface area contributed by atoms with E-state index in [1.165, 1.54) is 6.08 Å². The molecule has 1 aliphatic heterocycles. The van der Waals surface area contributed by atoms with Crippen LogP contribution in [0.2, 0.25) is 0 Å². The van der Waals surface area contributed by atoms with Crippen LogP contribution in [0.25, 0.3) is 5.57 Å². The number of anilines is 2. The SMILES string of the molecule is C=CC(=O)Nc1cccc(C2=CC=CC(=C/N=C)/C2=N\c2ccc(N3CCN(CCO)CC3)cc2)c1. The lowest BCUT2D eigenvalue weighted by molar-refractivity contribution is -0.111. The topological polar surface area (TPSA) is 80.5 Å². The monoisotopic (exact) mass is 481 g/mol. The van der Waals surface area contributed by atoms with Gasteiger partial charge in [0.25, 0.3) is 0 Å². The summed E-state index contributed by atoms with van der Waals surface area (Å²) in [5.74, 6) is -0.259. The summed E-state index contributed by atoms with van der Waals surface area (Å²) in [5.41, 5.74) is 6.16. The molecule has 36 heavy (non-hydrogen) atoms. The van der Waals surface area contributed by atoms with Gasteiger partial charge in [-0.1, -0.05) is 36.9 Å². The molecule has 0 aromatic heterocycles. The van der Waals surface area contributed by atoms with Crippen LogP contribution in [0.1, 0.15) is 5.56 Å². The summed E-state index contributed by atoms with van der Waals surface area (Å²) >= 11 is 0. The molecule has 184 valence electrons. The molecule has 0 unspecified atom stereocenters. The van der Waals surface area contributed by atoms with Crippen LogP contribution in [0.5, 0.6) is 0 Å². The largest absolute Gasteiger partial charge is 0.395 e. The molecular weight excluding hydrogens is 450 g/mol. The number of amides is 1. The molecule has 7 heteroatoms. The molecule has 0 spiro atoms. The molecule has 0 radical (unpaired) electrons. The summed E-state index contributed by atoms with van der Waals surface area (Å²) in [6, 6.07) is 15.9. The molecule has 0 atom stereocenters. The number of carbonyl (C=O) groups is 1. The second-order valence-corrected chi connectivity index (χ2v) is 8.51. The molecule has 0 saturated carbocycles. The van der Waals surface area contributed by atoms with Crippen LogP contribution in [-0.4, -0.2) is 67.7 Å². The maximum Gasteiger partial charge on any atom is 0.247 e. The van der Waals surface area contributed by atoms with Crippen molar-refractivity contribution in [3.8, 4) is 0 Å². The van der Waals surface area contributed by atoms with Crippen LogP contribution in [-0.2, 0) is 4.79 Å². The first-order valence-electron chi connectivity index (χ1n) is 12.0. The third kappa shape index (κ3) is 6.13. The highest BCUT2D eigenvalue weighted by atomic mass is 16.3. The molecule has 2 aromatic rings. The van der Waals surface area contributed by atoms with Gasteiger partial charge in [-0.2, -0.15) is 0 Å². The van der Waals surface area contributed by atoms with Crippen molar-refractivity contribution >= 4 is 41.0 Å². The minimum Gasteiger partial charge on any atom is -0.395 e. The normalized spacial score (nSPS) is 18.2. The molecule has 7 nitrogen and oxygen atoms in total. The Bertz CT molecular complexity index is 1230. The molecule has 2 aromatic carbocycles. The van der Waals surface area contributed by atoms with Crippen LogP contribution < -0.4 is 10.2 Å². The molecule has 2 N–H and O–H groups in total. The van der Waals surface area contributed by atoms with Gasteiger partial charge in [-0.3, -0.25) is 14.7 Å². The van der Waals surface area contributed by atoms with E-state index in [4.69, 9.17) is 10.1 Å². The van der Waals surface area contributed by atoms with E-state index in [0.29, 0.717) is 5.69 Å². The number of benzene rings is 2. The fraction of sp³-hybridized carbons (Fsp3) is 0.207. The first-order valence-corrected chi connectivity index (χ1v) is 12.0. The van der Waals surface area contributed by atoms with Crippen molar-refractivity contribution in [1.29, 1.82) is 0 Å². The highest BCUT2D eigenvalue weighted by molar-refractivity contribution is 6.34. The van der Waals surface area contributed by atoms with E-state index in [-0.39, 0.29) is 12.5 Å². The van der Waals surface area contributed by atoms with E-state index in [9.17, 15) is 4.79 Å². The Morgan fingerprint density at radius 1 is 1.11 bits per heavy atom. The number of carbonyl (C=O) groups excluding carboxylic acids is 1. The fourth-order valence-corrected chi connectivity index (χ4v) is 4.32. The predicted octanol–water partition coefficient (Wildman–Crippen LogP) is 4.24. The molecule has 1 amide bonds. The summed E-state index contributed by atoms with van der Waals surface area (Å²) in [5, 5.41) is 12.0. The smallest absolute Gasteiger partial charge is 0.247 e. The van der Waals surface area contributed by atoms with E-state index in [1.807, 2.05) is 54.6 Å². The summed E-state index contributed by atoms with van der Waals surface area (Å²) in [7, 11) is 0. The second kappa shape index (κ2) is 12.1. The number of aliphatic imine (C=N–C) groups is 2. The zero-order valence-corrected chi connectivity index (χ0v) is 20.3. The Balaban J connectivity index is 1.59. The average Bonchev–Trinajstić information content (AvgIpc) is 2.91. The van der Waals surface area contributed by atoms with Gasteiger partial charge in [-0.25, -0.2) is 4.99 Å². The van der Waals surface area contributed by atoms with Gasteiger partial charge >= 0.3 is 0 Å². The maximum atomic E-state index is 11.8. The predicted molar refractivity (Wildman–Crippen MR) is 149 cm³/mol. The Hall–Kier alpha value is -4.07. The van der Waals surface area contributed by atoms with Crippen molar-refractivity contribution in [2.24, 2.45) is 9.98 Å². The Labute approximate surface area is 212 Å². The number of nitrogens with zero attached hydrogens (tertiary/aromatic N) is 4. The van der Waals surface area contributed by atoms with Crippen LogP contribution in [0.4, 0.5) is 17.1 Å². The van der Waals surface area contributed by atoms with Crippen molar-refractivity contribution in [2.75, 3.05) is 49.5 Å². The molecule has 1 heterocycles. The van der Waals surface area contributed by atoms with E-state index in [0.717, 1.165) is 66.5 Å². The van der Waals surface area contributed by atoms with Crippen molar-refractivity contribution in [3.63, 3.8) is 0 Å². The van der Waals surface area contributed by atoms with Crippen LogP contribution in [0.3, 0.4) is 0 Å². The highest BCUT2D eigenvalue weighted by Gasteiger charge is 2.18. The fourth-order valence-electron chi connectivity index (χ4n) is 4.32. The van der Waals surface area contributed by atoms with E-state index < -0.39 is 0 Å². The van der Waals surface area contributed by atoms with Crippen molar-refractivity contribution in [3.05, 3.63) is 96.8 Å². The van der Waals surface area contributed by atoms with Gasteiger partial charge in [0.05, 0.1) is 18.0 Å². The molecule has 4 rings (SSSR count). The second-order valence-electron chi connectivity index (χ2n) is 8.51. The summed E-state index contributed by atoms with van der Waals surface area (Å²) in [6.45, 7) is 11.8. The number of aliphatic hydroxyl groups excluding tert-OH is 1. The molecule has 2 aliphatic rings. The van der Waals surface area contributed by atoms with Gasteiger partial charge in [0.2, 0.25) is 5.91 Å². The molecular formula is C29H31N5O2. The molecule has 0 bridgehead atoms. The van der Waals surface area contributed by atoms with Gasteiger partial charge < -0.3 is 15.3 Å². The number of nitrogens with one attached hydrogen (secondary N) is 1. The van der Waals surface area contributed by atoms with Gasteiger partial charge in [-0.15, -0.1) is 0 Å². The third-order valence-electron chi connectivity index (χ3n) is 6.17. The minimum atomic E-state index is -0.259. The Morgan fingerprint density at radius 3 is 2.58 bits per heavy atom. The van der Waals surface area contributed by atoms with E-state index in [1.54, 1.807) is 6.20 Å².